The normalized spacial score (nSPS) is 12.2. The molecule has 3 aromatic heterocycles. The molecule has 0 aliphatic carbocycles. The van der Waals surface area contributed by atoms with Crippen molar-refractivity contribution in [2.24, 2.45) is 11.5 Å². The Bertz CT molecular complexity index is 948. The number of nitrogens with two attached hydrogens (primary N) is 2. The van der Waals surface area contributed by atoms with Crippen LogP contribution < -0.4 is 16.8 Å². The maximum Gasteiger partial charge on any atom is 0.271 e. The lowest BCUT2D eigenvalue weighted by molar-refractivity contribution is 0.0928. The molecule has 2 amide bonds. The molecule has 9 nitrogen and oxygen atoms in total. The van der Waals surface area contributed by atoms with Gasteiger partial charge in [-0.1, -0.05) is 19.8 Å². The summed E-state index contributed by atoms with van der Waals surface area (Å²) in [5, 5.41) is 2.93. The molecule has 1 atom stereocenters. The van der Waals surface area contributed by atoms with E-state index in [1.165, 1.54) is 17.0 Å². The van der Waals surface area contributed by atoms with Gasteiger partial charge in [-0.05, 0) is 24.6 Å². The van der Waals surface area contributed by atoms with Gasteiger partial charge >= 0.3 is 0 Å². The summed E-state index contributed by atoms with van der Waals surface area (Å²) in [5.41, 5.74) is 12.0. The van der Waals surface area contributed by atoms with Crippen LogP contribution in [0.4, 0.5) is 0 Å². The zero-order valence-corrected chi connectivity index (χ0v) is 15.0. The number of imidazole rings is 1. The third-order valence-electron chi connectivity index (χ3n) is 4.27. The molecule has 0 saturated heterocycles. The van der Waals surface area contributed by atoms with E-state index in [4.69, 9.17) is 15.9 Å². The highest BCUT2D eigenvalue weighted by Crippen LogP contribution is 2.22. The Kier molecular flexibility index (Phi) is 5.51. The van der Waals surface area contributed by atoms with Gasteiger partial charge in [0, 0.05) is 12.6 Å². The number of hydrogen-bond acceptors (Lipinski definition) is 6. The second-order valence-corrected chi connectivity index (χ2v) is 6.20. The van der Waals surface area contributed by atoms with Crippen LogP contribution in [0.1, 0.15) is 47.2 Å². The highest BCUT2D eigenvalue weighted by molar-refractivity contribution is 5.99. The Morgan fingerprint density at radius 1 is 1.41 bits per heavy atom. The summed E-state index contributed by atoms with van der Waals surface area (Å²) < 4.78 is 6.82. The van der Waals surface area contributed by atoms with Crippen molar-refractivity contribution in [2.75, 3.05) is 6.54 Å². The molecular formula is C18H22N6O3. The zero-order chi connectivity index (χ0) is 19.4. The lowest BCUT2D eigenvalue weighted by atomic mass is 10.1. The van der Waals surface area contributed by atoms with Gasteiger partial charge in [-0.15, -0.1) is 0 Å². The van der Waals surface area contributed by atoms with E-state index in [9.17, 15) is 9.59 Å². The number of amides is 2. The Hall–Kier alpha value is -3.20. The molecule has 27 heavy (non-hydrogen) atoms. The molecule has 9 heteroatoms. The number of nitrogens with one attached hydrogen (secondary N) is 1. The van der Waals surface area contributed by atoms with Gasteiger partial charge in [0.15, 0.2) is 17.1 Å². The van der Waals surface area contributed by atoms with E-state index in [1.54, 1.807) is 18.2 Å². The number of primary amides is 1. The van der Waals surface area contributed by atoms with Gasteiger partial charge in [-0.25, -0.2) is 9.97 Å². The SMILES string of the molecule is CCCCC(CN)NC(=O)c1cc(-c2ccco2)nc2c(C(N)=O)ncn12. The van der Waals surface area contributed by atoms with Crippen LogP contribution in [0.2, 0.25) is 0 Å². The van der Waals surface area contributed by atoms with Crippen molar-refractivity contribution in [1.82, 2.24) is 19.7 Å². The standard InChI is InChI=1S/C18H22N6O3/c1-2-3-5-11(9-19)22-18(26)13-8-12(14-6-4-7-27-14)23-17-15(16(20)25)21-10-24(13)17/h4,6-8,10-11H,2-3,5,9,19H2,1H3,(H2,20,25)(H,22,26). The maximum atomic E-state index is 12.9. The summed E-state index contributed by atoms with van der Waals surface area (Å²) in [6.45, 7) is 2.41. The molecule has 3 heterocycles. The fourth-order valence-electron chi connectivity index (χ4n) is 2.83. The largest absolute Gasteiger partial charge is 0.463 e. The van der Waals surface area contributed by atoms with Crippen LogP contribution in [0.15, 0.2) is 35.2 Å². The van der Waals surface area contributed by atoms with Crippen molar-refractivity contribution in [1.29, 1.82) is 0 Å². The third-order valence-corrected chi connectivity index (χ3v) is 4.27. The highest BCUT2D eigenvalue weighted by atomic mass is 16.3. The van der Waals surface area contributed by atoms with E-state index in [-0.39, 0.29) is 29.0 Å². The first-order chi connectivity index (χ1) is 13.0. The molecule has 142 valence electrons. The second-order valence-electron chi connectivity index (χ2n) is 6.20. The fourth-order valence-corrected chi connectivity index (χ4v) is 2.83. The minimum atomic E-state index is -0.726. The molecule has 0 spiro atoms. The smallest absolute Gasteiger partial charge is 0.271 e. The number of carbonyl (C=O) groups excluding carboxylic acids is 2. The van der Waals surface area contributed by atoms with Crippen LogP contribution in [0.25, 0.3) is 17.1 Å². The Labute approximate surface area is 155 Å². The van der Waals surface area contributed by atoms with Gasteiger partial charge in [0.05, 0.1) is 6.26 Å². The average molecular weight is 370 g/mol. The number of furan rings is 1. The van der Waals surface area contributed by atoms with Crippen molar-refractivity contribution < 1.29 is 14.0 Å². The van der Waals surface area contributed by atoms with Crippen LogP contribution in [0, 0.1) is 0 Å². The monoisotopic (exact) mass is 370 g/mol. The van der Waals surface area contributed by atoms with Crippen LogP contribution in [-0.2, 0) is 0 Å². The predicted octanol–water partition coefficient (Wildman–Crippen LogP) is 1.34. The van der Waals surface area contributed by atoms with Crippen molar-refractivity contribution in [3.63, 3.8) is 0 Å². The van der Waals surface area contributed by atoms with Gasteiger partial charge in [0.25, 0.3) is 11.8 Å². The molecular weight excluding hydrogens is 348 g/mol. The zero-order valence-electron chi connectivity index (χ0n) is 15.0. The molecule has 0 aromatic carbocycles. The summed E-state index contributed by atoms with van der Waals surface area (Å²) in [6.07, 6.45) is 5.61. The van der Waals surface area contributed by atoms with E-state index in [2.05, 4.69) is 22.2 Å². The van der Waals surface area contributed by atoms with Gasteiger partial charge < -0.3 is 21.2 Å². The lowest BCUT2D eigenvalue weighted by Gasteiger charge is -2.17. The van der Waals surface area contributed by atoms with E-state index in [1.807, 2.05) is 0 Å². The first kappa shape index (κ1) is 18.6. The molecule has 1 unspecified atom stereocenters. The Morgan fingerprint density at radius 2 is 2.22 bits per heavy atom. The van der Waals surface area contributed by atoms with Crippen LogP contribution in [-0.4, -0.2) is 38.8 Å². The first-order valence-corrected chi connectivity index (χ1v) is 8.77. The van der Waals surface area contributed by atoms with Crippen LogP contribution in [0.5, 0.6) is 0 Å². The van der Waals surface area contributed by atoms with Gasteiger partial charge in [0.1, 0.15) is 17.7 Å². The van der Waals surface area contributed by atoms with Gasteiger partial charge in [-0.3, -0.25) is 14.0 Å². The van der Waals surface area contributed by atoms with E-state index >= 15 is 0 Å². The molecule has 3 aromatic rings. The first-order valence-electron chi connectivity index (χ1n) is 8.77. The summed E-state index contributed by atoms with van der Waals surface area (Å²) in [6, 6.07) is 4.86. The van der Waals surface area contributed by atoms with Gasteiger partial charge in [0.2, 0.25) is 0 Å². The lowest BCUT2D eigenvalue weighted by Crippen LogP contribution is -2.40. The summed E-state index contributed by atoms with van der Waals surface area (Å²) in [7, 11) is 0. The molecule has 0 aliphatic rings. The number of carbonyl (C=O) groups is 2. The number of rotatable bonds is 8. The predicted molar refractivity (Wildman–Crippen MR) is 99.0 cm³/mol. The molecule has 0 bridgehead atoms. The molecule has 0 fully saturated rings. The number of unbranched alkanes of at least 4 members (excludes halogenated alkanes) is 1. The molecule has 0 aliphatic heterocycles. The van der Waals surface area contributed by atoms with Crippen LogP contribution >= 0.6 is 0 Å². The van der Waals surface area contributed by atoms with Crippen molar-refractivity contribution in [3.05, 3.63) is 42.2 Å². The van der Waals surface area contributed by atoms with Gasteiger partial charge in [-0.2, -0.15) is 0 Å². The molecule has 3 rings (SSSR count). The fraction of sp³-hybridized carbons (Fsp3) is 0.333. The molecule has 5 N–H and O–H groups in total. The Balaban J connectivity index is 2.05. The number of nitrogens with zero attached hydrogens (tertiary/aromatic N) is 3. The maximum absolute atomic E-state index is 12.9. The number of hydrogen-bond donors (Lipinski definition) is 3. The Morgan fingerprint density at radius 3 is 2.85 bits per heavy atom. The summed E-state index contributed by atoms with van der Waals surface area (Å²) >= 11 is 0. The molecule has 0 radical (unpaired) electrons. The van der Waals surface area contributed by atoms with Crippen molar-refractivity contribution in [3.8, 4) is 11.5 Å². The third kappa shape index (κ3) is 3.82. The highest BCUT2D eigenvalue weighted by Gasteiger charge is 2.21. The van der Waals surface area contributed by atoms with E-state index < -0.39 is 5.91 Å². The molecule has 0 saturated carbocycles. The topological polar surface area (TPSA) is 142 Å². The minimum absolute atomic E-state index is 0.0150. The van der Waals surface area contributed by atoms with Crippen LogP contribution in [0.3, 0.4) is 0 Å². The number of fused-ring (bicyclic) bond motifs is 1. The second kappa shape index (κ2) is 8.00. The van der Waals surface area contributed by atoms with E-state index in [0.717, 1.165) is 19.3 Å². The van der Waals surface area contributed by atoms with Crippen molar-refractivity contribution in [2.45, 2.75) is 32.2 Å². The summed E-state index contributed by atoms with van der Waals surface area (Å²) in [5.74, 6) is -0.601. The quantitative estimate of drug-likeness (QED) is 0.546. The average Bonchev–Trinajstić information content (AvgIpc) is 3.33. The number of aromatic nitrogens is 3. The van der Waals surface area contributed by atoms with E-state index in [0.29, 0.717) is 18.0 Å². The summed E-state index contributed by atoms with van der Waals surface area (Å²) in [4.78, 5) is 33.0. The minimum Gasteiger partial charge on any atom is -0.463 e. The van der Waals surface area contributed by atoms with Crippen molar-refractivity contribution >= 4 is 17.5 Å².